The van der Waals surface area contributed by atoms with Crippen LogP contribution in [-0.4, -0.2) is 49.7 Å². The van der Waals surface area contributed by atoms with Crippen molar-refractivity contribution in [1.82, 2.24) is 0 Å². The minimum absolute atomic E-state index is 0.114. The number of esters is 2. The Morgan fingerprint density at radius 3 is 1.70 bits per heavy atom. The monoisotopic (exact) mass is 545 g/mol. The van der Waals surface area contributed by atoms with E-state index in [2.05, 4.69) is 10.1 Å². The predicted octanol–water partition coefficient (Wildman–Crippen LogP) is 7.55. The van der Waals surface area contributed by atoms with Gasteiger partial charge in [0.1, 0.15) is 0 Å². The first-order chi connectivity index (χ1) is 17.2. The number of benzene rings is 1. The number of halogens is 7. The molecule has 0 bridgehead atoms. The fourth-order valence-corrected chi connectivity index (χ4v) is 3.57. The molecule has 37 heavy (non-hydrogen) atoms. The van der Waals surface area contributed by atoms with Crippen molar-refractivity contribution >= 4 is 17.6 Å². The number of rotatable bonds is 16. The summed E-state index contributed by atoms with van der Waals surface area (Å²) in [4.78, 5) is 23.3. The topological polar surface area (TPSA) is 64.6 Å². The molecule has 1 aromatic carbocycles. The van der Waals surface area contributed by atoms with Crippen LogP contribution in [0.5, 0.6) is 0 Å². The Labute approximate surface area is 212 Å². The van der Waals surface area contributed by atoms with E-state index >= 15 is 0 Å². The molecule has 0 saturated carbocycles. The first-order valence-corrected chi connectivity index (χ1v) is 12.2. The molecular formula is C25H34F7NO4. The number of hydrogen-bond acceptors (Lipinski definition) is 5. The Bertz CT molecular complexity index is 812. The minimum atomic E-state index is -5.97. The van der Waals surface area contributed by atoms with Gasteiger partial charge in [-0.15, -0.1) is 0 Å². The van der Waals surface area contributed by atoms with Crippen LogP contribution in [0.3, 0.4) is 0 Å². The van der Waals surface area contributed by atoms with E-state index in [1.54, 1.807) is 24.3 Å². The number of ether oxygens (including phenoxy) is 2. The average Bonchev–Trinajstić information content (AvgIpc) is 2.82. The van der Waals surface area contributed by atoms with Crippen LogP contribution in [0, 0.1) is 0 Å². The number of anilines is 1. The van der Waals surface area contributed by atoms with E-state index in [9.17, 15) is 40.3 Å². The van der Waals surface area contributed by atoms with Crippen molar-refractivity contribution in [1.29, 1.82) is 0 Å². The van der Waals surface area contributed by atoms with Crippen molar-refractivity contribution < 1.29 is 49.8 Å². The van der Waals surface area contributed by atoms with Crippen molar-refractivity contribution in [3.05, 3.63) is 29.8 Å². The SMILES string of the molecule is COC(=O)C(C)OC(=O)c1ccc(NCCCCCCCCCCCC(F)(C(F)(F)F)C(F)(F)F)cc1. The number of carbonyl (C=O) groups excluding carboxylic acids is 2. The lowest BCUT2D eigenvalue weighted by molar-refractivity contribution is -0.343. The molecule has 0 radical (unpaired) electrons. The number of carbonyl (C=O) groups is 2. The highest BCUT2D eigenvalue weighted by Crippen LogP contribution is 2.49. The Morgan fingerprint density at radius 1 is 0.784 bits per heavy atom. The molecular weight excluding hydrogens is 511 g/mol. The minimum Gasteiger partial charge on any atom is -0.466 e. The Balaban J connectivity index is 2.13. The van der Waals surface area contributed by atoms with Crippen LogP contribution in [0.4, 0.5) is 36.4 Å². The smallest absolute Gasteiger partial charge is 0.431 e. The predicted molar refractivity (Wildman–Crippen MR) is 124 cm³/mol. The van der Waals surface area contributed by atoms with Gasteiger partial charge < -0.3 is 14.8 Å². The van der Waals surface area contributed by atoms with Gasteiger partial charge in [0.15, 0.2) is 6.10 Å². The molecule has 0 aliphatic heterocycles. The summed E-state index contributed by atoms with van der Waals surface area (Å²) >= 11 is 0. The second-order valence-electron chi connectivity index (χ2n) is 8.80. The Kier molecular flexibility index (Phi) is 13.2. The largest absolute Gasteiger partial charge is 0.466 e. The fourth-order valence-electron chi connectivity index (χ4n) is 3.57. The number of hydrogen-bond donors (Lipinski definition) is 1. The number of alkyl halides is 7. The Morgan fingerprint density at radius 2 is 1.24 bits per heavy atom. The van der Waals surface area contributed by atoms with Gasteiger partial charge in [-0.05, 0) is 50.5 Å². The van der Waals surface area contributed by atoms with Gasteiger partial charge in [0.05, 0.1) is 12.7 Å². The molecule has 12 heteroatoms. The lowest BCUT2D eigenvalue weighted by Crippen LogP contribution is -2.53. The van der Waals surface area contributed by atoms with E-state index in [1.165, 1.54) is 14.0 Å². The number of methoxy groups -OCH3 is 1. The maximum absolute atomic E-state index is 13.5. The van der Waals surface area contributed by atoms with Gasteiger partial charge in [-0.25, -0.2) is 14.0 Å². The van der Waals surface area contributed by atoms with Crippen molar-refractivity contribution in [2.75, 3.05) is 19.0 Å². The third kappa shape index (κ3) is 10.8. The number of nitrogens with one attached hydrogen (secondary N) is 1. The van der Waals surface area contributed by atoms with Gasteiger partial charge in [-0.2, -0.15) is 26.3 Å². The van der Waals surface area contributed by atoms with Gasteiger partial charge in [0.2, 0.25) is 0 Å². The summed E-state index contributed by atoms with van der Waals surface area (Å²) in [5, 5.41) is 3.22. The summed E-state index contributed by atoms with van der Waals surface area (Å²) < 4.78 is 98.0. The second-order valence-corrected chi connectivity index (χ2v) is 8.80. The molecule has 0 spiro atoms. The molecule has 0 heterocycles. The van der Waals surface area contributed by atoms with Crippen LogP contribution in [-0.2, 0) is 14.3 Å². The van der Waals surface area contributed by atoms with Crippen molar-refractivity contribution in [3.63, 3.8) is 0 Å². The molecule has 1 atom stereocenters. The van der Waals surface area contributed by atoms with E-state index in [0.29, 0.717) is 24.9 Å². The molecule has 212 valence electrons. The quantitative estimate of drug-likeness (QED) is 0.132. The molecule has 1 unspecified atom stereocenters. The first-order valence-electron chi connectivity index (χ1n) is 12.2. The molecule has 1 N–H and O–H groups in total. The highest BCUT2D eigenvalue weighted by atomic mass is 19.4. The summed E-state index contributed by atoms with van der Waals surface area (Å²) in [7, 11) is 1.20. The molecule has 0 amide bonds. The molecule has 0 aliphatic carbocycles. The van der Waals surface area contributed by atoms with E-state index in [-0.39, 0.29) is 6.42 Å². The van der Waals surface area contributed by atoms with Crippen molar-refractivity contribution in [2.45, 2.75) is 95.3 Å². The molecule has 1 aromatic rings. The maximum Gasteiger partial charge on any atom is 0.431 e. The van der Waals surface area contributed by atoms with Crippen molar-refractivity contribution in [3.8, 4) is 0 Å². The second kappa shape index (κ2) is 15.0. The molecule has 0 aromatic heterocycles. The lowest BCUT2D eigenvalue weighted by Gasteiger charge is -2.29. The molecule has 0 fully saturated rings. The summed E-state index contributed by atoms with van der Waals surface area (Å²) in [5.41, 5.74) is -4.04. The van der Waals surface area contributed by atoms with Gasteiger partial charge in [-0.3, -0.25) is 0 Å². The summed E-state index contributed by atoms with van der Waals surface area (Å²) in [6, 6.07) is 6.59. The summed E-state index contributed by atoms with van der Waals surface area (Å²) in [5.74, 6) is -1.28. The van der Waals surface area contributed by atoms with Gasteiger partial charge >= 0.3 is 24.3 Å². The van der Waals surface area contributed by atoms with Crippen LogP contribution in [0.1, 0.15) is 81.5 Å². The van der Waals surface area contributed by atoms with E-state index in [4.69, 9.17) is 4.74 Å². The summed E-state index contributed by atoms with van der Waals surface area (Å²) in [6.45, 7) is 2.12. The number of unbranched alkanes of at least 4 members (excludes halogenated alkanes) is 8. The first kappa shape index (κ1) is 32.5. The standard InChI is InChI=1S/C25H34F7NO4/c1-18(21(34)36-2)37-22(35)19-12-14-20(15-13-19)33-17-11-9-7-5-3-4-6-8-10-16-23(26,24(27,28)29)25(30,31)32/h12-15,18,33H,3-11,16-17H2,1-2H3. The molecule has 0 aliphatic rings. The van der Waals surface area contributed by atoms with E-state index in [0.717, 1.165) is 37.8 Å². The third-order valence-corrected chi connectivity index (χ3v) is 5.86. The zero-order chi connectivity index (χ0) is 28.1. The van der Waals surface area contributed by atoms with Crippen LogP contribution in [0.15, 0.2) is 24.3 Å². The third-order valence-electron chi connectivity index (χ3n) is 5.86. The average molecular weight is 546 g/mol. The van der Waals surface area contributed by atoms with Crippen LogP contribution >= 0.6 is 0 Å². The van der Waals surface area contributed by atoms with Crippen LogP contribution < -0.4 is 5.32 Å². The normalized spacial score (nSPS) is 13.2. The molecule has 5 nitrogen and oxygen atoms in total. The van der Waals surface area contributed by atoms with Gasteiger partial charge in [0, 0.05) is 12.2 Å². The van der Waals surface area contributed by atoms with Crippen molar-refractivity contribution in [2.24, 2.45) is 0 Å². The zero-order valence-electron chi connectivity index (χ0n) is 20.9. The highest BCUT2D eigenvalue weighted by Gasteiger charge is 2.71. The van der Waals surface area contributed by atoms with Gasteiger partial charge in [-0.1, -0.05) is 44.9 Å². The Hall–Kier alpha value is -2.53. The molecule has 1 rings (SSSR count). The van der Waals surface area contributed by atoms with E-state index < -0.39 is 48.9 Å². The summed E-state index contributed by atoms with van der Waals surface area (Å²) in [6.07, 6.45) is -9.34. The van der Waals surface area contributed by atoms with Gasteiger partial charge in [0.25, 0.3) is 5.67 Å². The highest BCUT2D eigenvalue weighted by molar-refractivity contribution is 5.91. The molecule has 0 saturated heterocycles. The lowest BCUT2D eigenvalue weighted by atomic mass is 9.96. The maximum atomic E-state index is 13.5. The zero-order valence-corrected chi connectivity index (χ0v) is 20.9. The van der Waals surface area contributed by atoms with Crippen LogP contribution in [0.25, 0.3) is 0 Å². The van der Waals surface area contributed by atoms with E-state index in [1.807, 2.05) is 0 Å². The fraction of sp³-hybridized carbons (Fsp3) is 0.680. The van der Waals surface area contributed by atoms with Crippen LogP contribution in [0.2, 0.25) is 0 Å².